The predicted octanol–water partition coefficient (Wildman–Crippen LogP) is 3.87. The fourth-order valence-corrected chi connectivity index (χ4v) is 3.00. The van der Waals surface area contributed by atoms with E-state index in [0.29, 0.717) is 21.2 Å². The molecule has 3 aromatic rings. The molecule has 3 rings (SSSR count). The minimum Gasteiger partial charge on any atom is -0.327 e. The lowest BCUT2D eigenvalue weighted by Crippen LogP contribution is -2.09. The van der Waals surface area contributed by atoms with Crippen LogP contribution in [0.25, 0.3) is 11.3 Å². The zero-order valence-electron chi connectivity index (χ0n) is 12.9. The molecule has 0 unspecified atom stereocenters. The van der Waals surface area contributed by atoms with E-state index in [1.165, 1.54) is 36.8 Å². The summed E-state index contributed by atoms with van der Waals surface area (Å²) in [6, 6.07) is 7.86. The number of hydrogen-bond donors (Lipinski definition) is 1. The number of nitriles is 1. The van der Waals surface area contributed by atoms with Gasteiger partial charge in [-0.1, -0.05) is 11.8 Å². The fraction of sp³-hybridized carbons (Fsp3) is 0.0588. The maximum absolute atomic E-state index is 12.7. The van der Waals surface area contributed by atoms with E-state index in [4.69, 9.17) is 5.26 Å². The van der Waals surface area contributed by atoms with Gasteiger partial charge in [-0.25, -0.2) is 4.98 Å². The normalized spacial score (nSPS) is 11.2. The van der Waals surface area contributed by atoms with Crippen molar-refractivity contribution < 1.29 is 13.2 Å². The van der Waals surface area contributed by atoms with E-state index in [1.54, 1.807) is 6.07 Å². The third-order valence-electron chi connectivity index (χ3n) is 3.36. The van der Waals surface area contributed by atoms with E-state index in [0.717, 1.165) is 23.9 Å². The number of alkyl halides is 3. The Morgan fingerprint density at radius 1 is 1.12 bits per heavy atom. The molecule has 0 aliphatic rings. The van der Waals surface area contributed by atoms with Gasteiger partial charge in [0, 0.05) is 29.0 Å². The van der Waals surface area contributed by atoms with Gasteiger partial charge < -0.3 is 4.98 Å². The highest BCUT2D eigenvalue weighted by atomic mass is 32.2. The maximum Gasteiger partial charge on any atom is 0.416 e. The second kappa shape index (κ2) is 7.01. The molecular formula is C17H9F3N4OS. The third-order valence-corrected chi connectivity index (χ3v) is 4.36. The van der Waals surface area contributed by atoms with Crippen molar-refractivity contribution in [3.63, 3.8) is 0 Å². The van der Waals surface area contributed by atoms with Gasteiger partial charge in [0.15, 0.2) is 0 Å². The van der Waals surface area contributed by atoms with E-state index in [2.05, 4.69) is 15.0 Å². The molecule has 5 nitrogen and oxygen atoms in total. The summed E-state index contributed by atoms with van der Waals surface area (Å²) in [7, 11) is 0. The highest BCUT2D eigenvalue weighted by Gasteiger charge is 2.30. The van der Waals surface area contributed by atoms with Crippen molar-refractivity contribution in [3.8, 4) is 17.3 Å². The molecule has 0 atom stereocenters. The van der Waals surface area contributed by atoms with Crippen LogP contribution in [0, 0.1) is 11.3 Å². The largest absolute Gasteiger partial charge is 0.416 e. The SMILES string of the molecule is N#Cc1cc(-c2nccnc2Sc2ccc(C(F)(F)F)cc2)c[nH]c1=O. The Balaban J connectivity index is 1.96. The van der Waals surface area contributed by atoms with Crippen LogP contribution in [0.4, 0.5) is 13.2 Å². The van der Waals surface area contributed by atoms with Crippen molar-refractivity contribution >= 4 is 11.8 Å². The first kappa shape index (κ1) is 17.7. The van der Waals surface area contributed by atoms with Crippen LogP contribution in [0.5, 0.6) is 0 Å². The van der Waals surface area contributed by atoms with Crippen LogP contribution in [0.2, 0.25) is 0 Å². The molecule has 9 heteroatoms. The quantitative estimate of drug-likeness (QED) is 0.752. The van der Waals surface area contributed by atoms with Gasteiger partial charge in [-0.05, 0) is 30.3 Å². The summed E-state index contributed by atoms with van der Waals surface area (Å²) in [6.45, 7) is 0. The van der Waals surface area contributed by atoms with Gasteiger partial charge in [0.1, 0.15) is 22.4 Å². The van der Waals surface area contributed by atoms with Gasteiger partial charge in [-0.15, -0.1) is 0 Å². The summed E-state index contributed by atoms with van der Waals surface area (Å²) in [6.07, 6.45) is -0.0926. The smallest absolute Gasteiger partial charge is 0.327 e. The van der Waals surface area contributed by atoms with Crippen molar-refractivity contribution in [3.05, 3.63) is 70.4 Å². The fourth-order valence-electron chi connectivity index (χ4n) is 2.13. The molecule has 2 aromatic heterocycles. The van der Waals surface area contributed by atoms with Gasteiger partial charge in [0.05, 0.1) is 5.56 Å². The molecule has 2 heterocycles. The summed E-state index contributed by atoms with van der Waals surface area (Å²) in [5.41, 5.74) is -0.440. The van der Waals surface area contributed by atoms with Crippen LogP contribution in [-0.2, 0) is 6.18 Å². The topological polar surface area (TPSA) is 82.4 Å². The minimum absolute atomic E-state index is 0.0707. The van der Waals surface area contributed by atoms with Crippen molar-refractivity contribution in [1.82, 2.24) is 15.0 Å². The molecule has 0 radical (unpaired) electrons. The average Bonchev–Trinajstić information content (AvgIpc) is 2.62. The lowest BCUT2D eigenvalue weighted by Gasteiger charge is -2.09. The van der Waals surface area contributed by atoms with Crippen LogP contribution in [-0.4, -0.2) is 15.0 Å². The van der Waals surface area contributed by atoms with Crippen molar-refractivity contribution in [2.45, 2.75) is 16.1 Å². The van der Waals surface area contributed by atoms with Crippen LogP contribution in [0.3, 0.4) is 0 Å². The molecule has 0 saturated carbocycles. The molecule has 0 saturated heterocycles. The first-order valence-corrected chi connectivity index (χ1v) is 7.99. The molecule has 1 N–H and O–H groups in total. The lowest BCUT2D eigenvalue weighted by atomic mass is 10.1. The summed E-state index contributed by atoms with van der Waals surface area (Å²) in [5, 5.41) is 9.42. The Hall–Kier alpha value is -3.12. The van der Waals surface area contributed by atoms with E-state index in [9.17, 15) is 18.0 Å². The highest BCUT2D eigenvalue weighted by Crippen LogP contribution is 2.35. The Bertz CT molecular complexity index is 1040. The van der Waals surface area contributed by atoms with Crippen molar-refractivity contribution in [1.29, 1.82) is 5.26 Å². The number of halogens is 3. The van der Waals surface area contributed by atoms with Gasteiger partial charge in [-0.2, -0.15) is 18.4 Å². The summed E-state index contributed by atoms with van der Waals surface area (Å²) in [4.78, 5) is 22.9. The number of aromatic amines is 1. The predicted molar refractivity (Wildman–Crippen MR) is 88.4 cm³/mol. The third kappa shape index (κ3) is 3.75. The molecular weight excluding hydrogens is 365 g/mol. The molecule has 0 spiro atoms. The number of aromatic nitrogens is 3. The van der Waals surface area contributed by atoms with Gasteiger partial charge in [0.2, 0.25) is 0 Å². The van der Waals surface area contributed by atoms with Crippen LogP contribution in [0.1, 0.15) is 11.1 Å². The monoisotopic (exact) mass is 374 g/mol. The van der Waals surface area contributed by atoms with Crippen molar-refractivity contribution in [2.75, 3.05) is 0 Å². The maximum atomic E-state index is 12.7. The summed E-state index contributed by atoms with van der Waals surface area (Å²) < 4.78 is 38.0. The molecule has 0 bridgehead atoms. The first-order valence-electron chi connectivity index (χ1n) is 7.18. The Kier molecular flexibility index (Phi) is 4.77. The van der Waals surface area contributed by atoms with Crippen LogP contribution >= 0.6 is 11.8 Å². The molecule has 0 amide bonds. The molecule has 130 valence electrons. The Morgan fingerprint density at radius 3 is 2.46 bits per heavy atom. The number of benzene rings is 1. The van der Waals surface area contributed by atoms with E-state index >= 15 is 0 Å². The molecule has 1 aromatic carbocycles. The summed E-state index contributed by atoms with van der Waals surface area (Å²) >= 11 is 1.13. The standard InChI is InChI=1S/C17H9F3N4OS/c18-17(19,20)12-1-3-13(4-2-12)26-16-14(22-5-6-23-16)11-7-10(8-21)15(25)24-9-11/h1-7,9H,(H,24,25). The number of pyridine rings is 1. The average molecular weight is 374 g/mol. The van der Waals surface area contributed by atoms with Gasteiger partial charge in [-0.3, -0.25) is 9.78 Å². The molecule has 0 aliphatic carbocycles. The van der Waals surface area contributed by atoms with E-state index in [1.807, 2.05) is 0 Å². The number of rotatable bonds is 3. The number of nitrogens with one attached hydrogen (secondary N) is 1. The van der Waals surface area contributed by atoms with E-state index in [-0.39, 0.29) is 5.56 Å². The number of nitrogens with zero attached hydrogens (tertiary/aromatic N) is 3. The number of H-pyrrole nitrogens is 1. The minimum atomic E-state index is -4.40. The zero-order chi connectivity index (χ0) is 18.7. The van der Waals surface area contributed by atoms with Crippen LogP contribution < -0.4 is 5.56 Å². The Labute approximate surface area is 149 Å². The first-order chi connectivity index (χ1) is 12.4. The second-order valence-electron chi connectivity index (χ2n) is 5.08. The van der Waals surface area contributed by atoms with Crippen molar-refractivity contribution in [2.24, 2.45) is 0 Å². The van der Waals surface area contributed by atoms with Crippen LogP contribution in [0.15, 0.2) is 63.6 Å². The Morgan fingerprint density at radius 2 is 1.81 bits per heavy atom. The molecule has 0 fully saturated rings. The molecule has 0 aliphatic heterocycles. The number of hydrogen-bond acceptors (Lipinski definition) is 5. The second-order valence-corrected chi connectivity index (χ2v) is 6.14. The van der Waals surface area contributed by atoms with E-state index < -0.39 is 17.3 Å². The molecule has 26 heavy (non-hydrogen) atoms. The lowest BCUT2D eigenvalue weighted by molar-refractivity contribution is -0.137. The van der Waals surface area contributed by atoms with Gasteiger partial charge in [0.25, 0.3) is 5.56 Å². The highest BCUT2D eigenvalue weighted by molar-refractivity contribution is 7.99. The zero-order valence-corrected chi connectivity index (χ0v) is 13.7. The summed E-state index contributed by atoms with van der Waals surface area (Å²) in [5.74, 6) is 0. The van der Waals surface area contributed by atoms with Gasteiger partial charge >= 0.3 is 6.18 Å².